The highest BCUT2D eigenvalue weighted by Gasteiger charge is 2.22. The van der Waals surface area contributed by atoms with Crippen LogP contribution in [0.3, 0.4) is 0 Å². The zero-order chi connectivity index (χ0) is 23.8. The van der Waals surface area contributed by atoms with Gasteiger partial charge in [-0.25, -0.2) is 4.79 Å². The lowest BCUT2D eigenvalue weighted by molar-refractivity contribution is -0.116. The molecule has 0 spiro atoms. The number of carbonyl (C=O) groups excluding carboxylic acids is 2. The van der Waals surface area contributed by atoms with Crippen LogP contribution >= 0.6 is 11.3 Å². The molecule has 0 aliphatic rings. The van der Waals surface area contributed by atoms with Crippen LogP contribution in [-0.2, 0) is 9.53 Å². The predicted molar refractivity (Wildman–Crippen MR) is 134 cm³/mol. The van der Waals surface area contributed by atoms with Gasteiger partial charge in [-0.05, 0) is 55.0 Å². The number of nitrogens with one attached hydrogen (secondary N) is 1. The molecule has 0 radical (unpaired) electrons. The summed E-state index contributed by atoms with van der Waals surface area (Å²) in [6, 6.07) is 15.7. The minimum absolute atomic E-state index is 0.156. The molecule has 0 saturated heterocycles. The molecule has 5 nitrogen and oxygen atoms in total. The number of esters is 1. The second-order valence-electron chi connectivity index (χ2n) is 8.11. The molecule has 0 saturated carbocycles. The Kier molecular flexibility index (Phi) is 8.66. The Morgan fingerprint density at radius 3 is 2.52 bits per heavy atom. The summed E-state index contributed by atoms with van der Waals surface area (Å²) in [5.41, 5.74) is 4.59. The first kappa shape index (κ1) is 24.5. The van der Waals surface area contributed by atoms with Crippen molar-refractivity contribution in [1.29, 1.82) is 0 Å². The molecule has 1 N–H and O–H groups in total. The molecular formula is C27H31NO4S. The molecule has 174 valence electrons. The molecule has 0 aliphatic heterocycles. The average Bonchev–Trinajstić information content (AvgIpc) is 3.21. The van der Waals surface area contributed by atoms with Crippen molar-refractivity contribution < 1.29 is 19.1 Å². The van der Waals surface area contributed by atoms with E-state index in [-0.39, 0.29) is 12.5 Å². The average molecular weight is 466 g/mol. The van der Waals surface area contributed by atoms with Crippen LogP contribution in [0.5, 0.6) is 5.75 Å². The van der Waals surface area contributed by atoms with E-state index in [0.717, 1.165) is 16.9 Å². The summed E-state index contributed by atoms with van der Waals surface area (Å²) < 4.78 is 11.1. The molecule has 1 aromatic heterocycles. The van der Waals surface area contributed by atoms with Gasteiger partial charge in [0.15, 0.2) is 0 Å². The lowest BCUT2D eigenvalue weighted by Gasteiger charge is -2.12. The first-order valence-electron chi connectivity index (χ1n) is 11.3. The normalized spacial score (nSPS) is 10.8. The molecule has 0 bridgehead atoms. The van der Waals surface area contributed by atoms with Gasteiger partial charge in [0.05, 0.1) is 13.2 Å². The number of hydrogen-bond donors (Lipinski definition) is 1. The van der Waals surface area contributed by atoms with E-state index in [9.17, 15) is 9.59 Å². The highest BCUT2D eigenvalue weighted by Crippen LogP contribution is 2.36. The van der Waals surface area contributed by atoms with Gasteiger partial charge in [0.1, 0.15) is 16.3 Å². The fraction of sp³-hybridized carbons (Fsp3) is 0.333. The number of aryl methyl sites for hydroxylation is 1. The van der Waals surface area contributed by atoms with Gasteiger partial charge in [0.25, 0.3) is 0 Å². The highest BCUT2D eigenvalue weighted by molar-refractivity contribution is 7.15. The number of anilines is 1. The maximum atomic E-state index is 12.6. The van der Waals surface area contributed by atoms with Crippen molar-refractivity contribution in [3.05, 3.63) is 70.6 Å². The summed E-state index contributed by atoms with van der Waals surface area (Å²) in [6.45, 7) is 8.91. The molecule has 3 rings (SSSR count). The predicted octanol–water partition coefficient (Wildman–Crippen LogP) is 6.82. The van der Waals surface area contributed by atoms with Gasteiger partial charge < -0.3 is 14.8 Å². The second kappa shape index (κ2) is 11.7. The topological polar surface area (TPSA) is 64.6 Å². The zero-order valence-corrected chi connectivity index (χ0v) is 20.5. The minimum Gasteiger partial charge on any atom is -0.494 e. The summed E-state index contributed by atoms with van der Waals surface area (Å²) >= 11 is 1.33. The highest BCUT2D eigenvalue weighted by atomic mass is 32.1. The SMILES string of the molecule is CCOC(=O)c1c(-c2ccccc2)csc1NC(=O)CCCOc1ccc(C(C)C)c(C)c1. The molecule has 3 aromatic rings. The van der Waals surface area contributed by atoms with E-state index in [1.54, 1.807) is 6.92 Å². The van der Waals surface area contributed by atoms with E-state index in [0.29, 0.717) is 35.9 Å². The van der Waals surface area contributed by atoms with Crippen LogP contribution < -0.4 is 10.1 Å². The van der Waals surface area contributed by atoms with Crippen molar-refractivity contribution in [2.75, 3.05) is 18.5 Å². The Hall–Kier alpha value is -3.12. The minimum atomic E-state index is -0.434. The monoisotopic (exact) mass is 465 g/mol. The number of thiophene rings is 1. The molecule has 33 heavy (non-hydrogen) atoms. The van der Waals surface area contributed by atoms with Crippen molar-refractivity contribution in [3.8, 4) is 16.9 Å². The van der Waals surface area contributed by atoms with Crippen LogP contribution in [0.15, 0.2) is 53.9 Å². The van der Waals surface area contributed by atoms with Crippen LogP contribution in [0.1, 0.15) is 61.0 Å². The smallest absolute Gasteiger partial charge is 0.341 e. The van der Waals surface area contributed by atoms with Crippen molar-refractivity contribution in [1.82, 2.24) is 0 Å². The van der Waals surface area contributed by atoms with Crippen LogP contribution in [0.25, 0.3) is 11.1 Å². The molecule has 1 amide bonds. The van der Waals surface area contributed by atoms with Crippen LogP contribution in [0, 0.1) is 6.92 Å². The lowest BCUT2D eigenvalue weighted by atomic mass is 9.98. The van der Waals surface area contributed by atoms with Gasteiger partial charge in [-0.1, -0.05) is 50.2 Å². The summed E-state index contributed by atoms with van der Waals surface area (Å²) in [5, 5.41) is 5.28. The summed E-state index contributed by atoms with van der Waals surface area (Å²) in [5.74, 6) is 0.697. The van der Waals surface area contributed by atoms with Crippen molar-refractivity contribution in [3.63, 3.8) is 0 Å². The Labute approximate surface area is 199 Å². The fourth-order valence-corrected chi connectivity index (χ4v) is 4.66. The third-order valence-electron chi connectivity index (χ3n) is 5.29. The second-order valence-corrected chi connectivity index (χ2v) is 8.99. The number of rotatable bonds is 10. The largest absolute Gasteiger partial charge is 0.494 e. The zero-order valence-electron chi connectivity index (χ0n) is 19.6. The summed E-state index contributed by atoms with van der Waals surface area (Å²) in [7, 11) is 0. The molecule has 0 atom stereocenters. The number of amides is 1. The van der Waals surface area contributed by atoms with Gasteiger partial charge in [0, 0.05) is 17.4 Å². The maximum Gasteiger partial charge on any atom is 0.341 e. The molecule has 6 heteroatoms. The Morgan fingerprint density at radius 1 is 1.09 bits per heavy atom. The summed E-state index contributed by atoms with van der Waals surface area (Å²) in [4.78, 5) is 25.2. The van der Waals surface area contributed by atoms with Crippen LogP contribution in [0.2, 0.25) is 0 Å². The Morgan fingerprint density at radius 2 is 1.85 bits per heavy atom. The maximum absolute atomic E-state index is 12.6. The number of ether oxygens (including phenoxy) is 2. The third kappa shape index (κ3) is 6.45. The number of carbonyl (C=O) groups is 2. The van der Waals surface area contributed by atoms with Crippen LogP contribution in [-0.4, -0.2) is 25.1 Å². The fourth-order valence-electron chi connectivity index (χ4n) is 3.68. The van der Waals surface area contributed by atoms with Gasteiger partial charge in [-0.3, -0.25) is 4.79 Å². The van der Waals surface area contributed by atoms with E-state index in [1.165, 1.54) is 22.5 Å². The molecular weight excluding hydrogens is 434 g/mol. The molecule has 0 aliphatic carbocycles. The van der Waals surface area contributed by atoms with E-state index in [4.69, 9.17) is 9.47 Å². The van der Waals surface area contributed by atoms with Crippen LogP contribution in [0.4, 0.5) is 5.00 Å². The van der Waals surface area contributed by atoms with Gasteiger partial charge in [-0.2, -0.15) is 0 Å². The van der Waals surface area contributed by atoms with Gasteiger partial charge in [0.2, 0.25) is 5.91 Å². The van der Waals surface area contributed by atoms with Crippen molar-refractivity contribution in [2.45, 2.75) is 46.5 Å². The van der Waals surface area contributed by atoms with Gasteiger partial charge in [-0.15, -0.1) is 11.3 Å². The standard InChI is InChI=1S/C27H31NO4S/c1-5-31-27(30)25-23(20-10-7-6-8-11-20)17-33-26(25)28-24(29)12-9-15-32-21-13-14-22(18(2)3)19(4)16-21/h6-8,10-11,13-14,16-18H,5,9,12,15H2,1-4H3,(H,28,29). The first-order chi connectivity index (χ1) is 15.9. The molecule has 0 fully saturated rings. The summed E-state index contributed by atoms with van der Waals surface area (Å²) in [6.07, 6.45) is 0.867. The molecule has 0 unspecified atom stereocenters. The van der Waals surface area contributed by atoms with E-state index < -0.39 is 5.97 Å². The van der Waals surface area contributed by atoms with Gasteiger partial charge >= 0.3 is 5.97 Å². The van der Waals surface area contributed by atoms with E-state index >= 15 is 0 Å². The Bertz CT molecular complexity index is 1090. The van der Waals surface area contributed by atoms with Crippen molar-refractivity contribution >= 4 is 28.2 Å². The quantitative estimate of drug-likeness (QED) is 0.263. The third-order valence-corrected chi connectivity index (χ3v) is 6.18. The number of hydrogen-bond acceptors (Lipinski definition) is 5. The first-order valence-corrected chi connectivity index (χ1v) is 12.2. The van der Waals surface area contributed by atoms with E-state index in [2.05, 4.69) is 32.2 Å². The lowest BCUT2D eigenvalue weighted by Crippen LogP contribution is -2.15. The number of benzene rings is 2. The molecule has 2 aromatic carbocycles. The Balaban J connectivity index is 1.59. The molecule has 1 heterocycles. The van der Waals surface area contributed by atoms with Crippen molar-refractivity contribution in [2.24, 2.45) is 0 Å². The van der Waals surface area contributed by atoms with E-state index in [1.807, 2.05) is 47.8 Å².